The van der Waals surface area contributed by atoms with Crippen molar-refractivity contribution in [3.63, 3.8) is 0 Å². The third kappa shape index (κ3) is 1.78. The van der Waals surface area contributed by atoms with Gasteiger partial charge >= 0.3 is 0 Å². The second kappa shape index (κ2) is 3.93. The van der Waals surface area contributed by atoms with Crippen molar-refractivity contribution in [2.75, 3.05) is 6.54 Å². The van der Waals surface area contributed by atoms with E-state index in [1.54, 1.807) is 0 Å². The Hall–Kier alpha value is -0.900. The summed E-state index contributed by atoms with van der Waals surface area (Å²) in [6.07, 6.45) is 7.68. The van der Waals surface area contributed by atoms with Crippen LogP contribution in [-0.2, 0) is 0 Å². The molecule has 2 N–H and O–H groups in total. The van der Waals surface area contributed by atoms with Crippen LogP contribution >= 0.6 is 0 Å². The summed E-state index contributed by atoms with van der Waals surface area (Å²) in [5.74, 6) is 2.72. The summed E-state index contributed by atoms with van der Waals surface area (Å²) in [6, 6.07) is 0.424. The van der Waals surface area contributed by atoms with Crippen LogP contribution in [0.15, 0.2) is 0 Å². The summed E-state index contributed by atoms with van der Waals surface area (Å²) in [6.45, 7) is 1.12. The lowest BCUT2D eigenvalue weighted by atomic mass is 10.1. The maximum Gasteiger partial charge on any atom is 0.153 e. The quantitative estimate of drug-likeness (QED) is 0.777. The fourth-order valence-corrected chi connectivity index (χ4v) is 2.73. The van der Waals surface area contributed by atoms with Gasteiger partial charge in [0.1, 0.15) is 5.82 Å². The normalized spacial score (nSPS) is 27.6. The van der Waals surface area contributed by atoms with Crippen LogP contribution in [0.1, 0.15) is 62.1 Å². The summed E-state index contributed by atoms with van der Waals surface area (Å²) >= 11 is 0. The van der Waals surface area contributed by atoms with Gasteiger partial charge in [-0.1, -0.05) is 12.8 Å². The Morgan fingerprint density at radius 1 is 1.07 bits per heavy atom. The van der Waals surface area contributed by atoms with Crippen LogP contribution in [0, 0.1) is 0 Å². The van der Waals surface area contributed by atoms with Crippen LogP contribution in [0.3, 0.4) is 0 Å². The van der Waals surface area contributed by atoms with E-state index < -0.39 is 0 Å². The molecular formula is C11H18N4. The number of hydrogen-bond acceptors (Lipinski definition) is 3. The zero-order chi connectivity index (χ0) is 10.1. The first-order valence-electron chi connectivity index (χ1n) is 6.09. The van der Waals surface area contributed by atoms with E-state index in [2.05, 4.69) is 20.5 Å². The lowest BCUT2D eigenvalue weighted by Crippen LogP contribution is -2.14. The van der Waals surface area contributed by atoms with E-state index in [0.29, 0.717) is 12.0 Å². The fourth-order valence-electron chi connectivity index (χ4n) is 2.73. The van der Waals surface area contributed by atoms with Crippen molar-refractivity contribution in [1.29, 1.82) is 0 Å². The number of nitrogens with one attached hydrogen (secondary N) is 2. The highest BCUT2D eigenvalue weighted by atomic mass is 15.2. The zero-order valence-corrected chi connectivity index (χ0v) is 9.00. The maximum atomic E-state index is 4.65. The first-order valence-corrected chi connectivity index (χ1v) is 6.09. The van der Waals surface area contributed by atoms with Crippen molar-refractivity contribution in [2.24, 2.45) is 0 Å². The molecule has 0 spiro atoms. The van der Waals surface area contributed by atoms with Gasteiger partial charge in [0, 0.05) is 5.92 Å². The van der Waals surface area contributed by atoms with Crippen LogP contribution in [0.4, 0.5) is 0 Å². The van der Waals surface area contributed by atoms with E-state index in [0.717, 1.165) is 18.2 Å². The molecule has 1 aromatic heterocycles. The van der Waals surface area contributed by atoms with Crippen molar-refractivity contribution >= 4 is 0 Å². The highest BCUT2D eigenvalue weighted by Gasteiger charge is 2.24. The van der Waals surface area contributed by atoms with Gasteiger partial charge in [0.25, 0.3) is 0 Å². The van der Waals surface area contributed by atoms with Gasteiger partial charge in [-0.15, -0.1) is 0 Å². The van der Waals surface area contributed by atoms with Gasteiger partial charge in [-0.2, -0.15) is 5.10 Å². The molecule has 1 saturated heterocycles. The Bertz CT molecular complexity index is 291. The standard InChI is InChI=1S/C11H18N4/c1-2-5-8(4-1)10-13-11(15-14-10)9-6-3-7-12-9/h8-9,12H,1-7H2,(H,13,14,15)/t9-/m0/s1. The topological polar surface area (TPSA) is 53.6 Å². The van der Waals surface area contributed by atoms with Crippen molar-refractivity contribution in [2.45, 2.75) is 50.5 Å². The summed E-state index contributed by atoms with van der Waals surface area (Å²) in [7, 11) is 0. The maximum absolute atomic E-state index is 4.65. The first kappa shape index (κ1) is 9.33. The smallest absolute Gasteiger partial charge is 0.153 e. The van der Waals surface area contributed by atoms with Crippen molar-refractivity contribution in [1.82, 2.24) is 20.5 Å². The molecule has 2 fully saturated rings. The number of H-pyrrole nitrogens is 1. The second-order valence-electron chi connectivity index (χ2n) is 4.71. The largest absolute Gasteiger partial charge is 0.307 e. The molecule has 1 saturated carbocycles. The summed E-state index contributed by atoms with van der Waals surface area (Å²) in [4.78, 5) is 4.65. The van der Waals surface area contributed by atoms with Gasteiger partial charge in [0.2, 0.25) is 0 Å². The predicted octanol–water partition coefficient (Wildman–Crippen LogP) is 1.89. The van der Waals surface area contributed by atoms with E-state index in [1.165, 1.54) is 38.5 Å². The minimum Gasteiger partial charge on any atom is -0.307 e. The van der Waals surface area contributed by atoms with Gasteiger partial charge in [0.15, 0.2) is 5.82 Å². The molecule has 1 aromatic rings. The molecule has 4 nitrogen and oxygen atoms in total. The highest BCUT2D eigenvalue weighted by Crippen LogP contribution is 2.32. The molecule has 2 aliphatic rings. The summed E-state index contributed by atoms with van der Waals surface area (Å²) < 4.78 is 0. The van der Waals surface area contributed by atoms with Crippen LogP contribution < -0.4 is 5.32 Å². The fraction of sp³-hybridized carbons (Fsp3) is 0.818. The second-order valence-corrected chi connectivity index (χ2v) is 4.71. The Balaban J connectivity index is 1.74. The third-order valence-corrected chi connectivity index (χ3v) is 3.63. The molecule has 15 heavy (non-hydrogen) atoms. The molecule has 4 heteroatoms. The average Bonchev–Trinajstić information content (AvgIpc) is 3.02. The van der Waals surface area contributed by atoms with Gasteiger partial charge in [-0.3, -0.25) is 5.10 Å². The average molecular weight is 206 g/mol. The summed E-state index contributed by atoms with van der Waals surface area (Å²) in [5.41, 5.74) is 0. The number of aromatic nitrogens is 3. The van der Waals surface area contributed by atoms with E-state index in [1.807, 2.05) is 0 Å². The number of nitrogens with zero attached hydrogens (tertiary/aromatic N) is 2. The van der Waals surface area contributed by atoms with Crippen molar-refractivity contribution in [3.05, 3.63) is 11.6 Å². The van der Waals surface area contributed by atoms with E-state index >= 15 is 0 Å². The molecule has 2 heterocycles. The monoisotopic (exact) mass is 206 g/mol. The van der Waals surface area contributed by atoms with E-state index in [-0.39, 0.29) is 0 Å². The Kier molecular flexibility index (Phi) is 2.44. The Labute approximate surface area is 89.9 Å². The predicted molar refractivity (Wildman–Crippen MR) is 57.6 cm³/mol. The van der Waals surface area contributed by atoms with Crippen molar-refractivity contribution in [3.8, 4) is 0 Å². The molecule has 0 unspecified atom stereocenters. The van der Waals surface area contributed by atoms with Gasteiger partial charge in [-0.25, -0.2) is 4.98 Å². The van der Waals surface area contributed by atoms with Crippen LogP contribution in [0.2, 0.25) is 0 Å². The Morgan fingerprint density at radius 2 is 1.93 bits per heavy atom. The first-order chi connectivity index (χ1) is 7.43. The molecule has 0 aromatic carbocycles. The lowest BCUT2D eigenvalue weighted by Gasteiger charge is -2.04. The van der Waals surface area contributed by atoms with E-state index in [4.69, 9.17) is 0 Å². The minimum absolute atomic E-state index is 0.424. The number of hydrogen-bond donors (Lipinski definition) is 2. The van der Waals surface area contributed by atoms with E-state index in [9.17, 15) is 0 Å². The lowest BCUT2D eigenvalue weighted by molar-refractivity contribution is 0.605. The van der Waals surface area contributed by atoms with Gasteiger partial charge in [-0.05, 0) is 32.2 Å². The zero-order valence-electron chi connectivity index (χ0n) is 9.00. The molecule has 0 amide bonds. The molecule has 1 aliphatic carbocycles. The van der Waals surface area contributed by atoms with Gasteiger partial charge in [0.05, 0.1) is 6.04 Å². The van der Waals surface area contributed by atoms with Crippen LogP contribution in [0.5, 0.6) is 0 Å². The summed E-state index contributed by atoms with van der Waals surface area (Å²) in [5, 5.41) is 10.9. The molecule has 3 rings (SSSR count). The molecule has 0 bridgehead atoms. The molecule has 1 aliphatic heterocycles. The van der Waals surface area contributed by atoms with Crippen molar-refractivity contribution < 1.29 is 0 Å². The van der Waals surface area contributed by atoms with Crippen LogP contribution in [0.25, 0.3) is 0 Å². The molecular weight excluding hydrogens is 188 g/mol. The third-order valence-electron chi connectivity index (χ3n) is 3.63. The highest BCUT2D eigenvalue weighted by molar-refractivity contribution is 5.04. The number of rotatable bonds is 2. The molecule has 82 valence electrons. The minimum atomic E-state index is 0.424. The van der Waals surface area contributed by atoms with Gasteiger partial charge < -0.3 is 5.32 Å². The number of aromatic amines is 1. The van der Waals surface area contributed by atoms with Crippen LogP contribution in [-0.4, -0.2) is 21.7 Å². The SMILES string of the molecule is C1CCC(c2n[nH]c([C@@H]3CCCN3)n2)C1. The molecule has 1 atom stereocenters. The Morgan fingerprint density at radius 3 is 2.67 bits per heavy atom. The molecule has 0 radical (unpaired) electrons.